The molecule has 1 saturated carbocycles. The second kappa shape index (κ2) is 10.1. The Hall–Kier alpha value is -2.31. The molecule has 32 heavy (non-hydrogen) atoms. The van der Waals surface area contributed by atoms with Crippen LogP contribution in [0.15, 0.2) is 42.5 Å². The highest BCUT2D eigenvalue weighted by atomic mass is 15.2. The van der Waals surface area contributed by atoms with Gasteiger partial charge in [0.15, 0.2) is 0 Å². The second-order valence-electron chi connectivity index (χ2n) is 9.91. The van der Waals surface area contributed by atoms with Crippen LogP contribution < -0.4 is 4.90 Å². The molecule has 2 aromatic rings. The number of benzene rings is 1. The van der Waals surface area contributed by atoms with Crippen LogP contribution in [0.3, 0.4) is 0 Å². The molecule has 168 valence electrons. The van der Waals surface area contributed by atoms with Crippen molar-refractivity contribution in [2.75, 3.05) is 31.1 Å². The van der Waals surface area contributed by atoms with Crippen LogP contribution in [0.25, 0.3) is 0 Å². The van der Waals surface area contributed by atoms with Gasteiger partial charge in [0.2, 0.25) is 0 Å². The van der Waals surface area contributed by atoms with Gasteiger partial charge in [0.1, 0.15) is 5.82 Å². The lowest BCUT2D eigenvalue weighted by atomic mass is 9.79. The van der Waals surface area contributed by atoms with Crippen LogP contribution in [0.2, 0.25) is 0 Å². The van der Waals surface area contributed by atoms with Gasteiger partial charge in [0.25, 0.3) is 0 Å². The Morgan fingerprint density at radius 2 is 1.44 bits per heavy atom. The van der Waals surface area contributed by atoms with Crippen molar-refractivity contribution in [1.29, 1.82) is 0 Å². The highest BCUT2D eigenvalue weighted by Crippen LogP contribution is 2.35. The van der Waals surface area contributed by atoms with Gasteiger partial charge in [0, 0.05) is 25.1 Å². The van der Waals surface area contributed by atoms with Crippen LogP contribution >= 0.6 is 0 Å². The molecule has 0 radical (unpaired) electrons. The van der Waals surface area contributed by atoms with Crippen molar-refractivity contribution in [2.45, 2.75) is 76.2 Å². The van der Waals surface area contributed by atoms with Gasteiger partial charge in [-0.1, -0.05) is 67.9 Å². The van der Waals surface area contributed by atoms with Gasteiger partial charge in [-0.25, -0.2) is 4.98 Å². The van der Waals surface area contributed by atoms with E-state index in [0.717, 1.165) is 36.6 Å². The summed E-state index contributed by atoms with van der Waals surface area (Å²) in [5, 5.41) is 0. The first-order valence-corrected chi connectivity index (χ1v) is 12.9. The van der Waals surface area contributed by atoms with E-state index in [9.17, 15) is 0 Å². The molecular weight excluding hydrogens is 390 g/mol. The van der Waals surface area contributed by atoms with E-state index in [1.54, 1.807) is 0 Å². The number of rotatable bonds is 4. The van der Waals surface area contributed by atoms with Crippen LogP contribution in [0.4, 0.5) is 5.82 Å². The molecule has 3 heteroatoms. The summed E-state index contributed by atoms with van der Waals surface area (Å²) >= 11 is 0. The first kappa shape index (κ1) is 21.5. The van der Waals surface area contributed by atoms with Crippen molar-refractivity contribution in [2.24, 2.45) is 0 Å². The molecule has 1 aromatic heterocycles. The Labute approximate surface area is 194 Å². The van der Waals surface area contributed by atoms with E-state index >= 15 is 0 Å². The Morgan fingerprint density at radius 3 is 2.19 bits per heavy atom. The molecule has 3 heterocycles. The Morgan fingerprint density at radius 1 is 0.750 bits per heavy atom. The Balaban J connectivity index is 1.48. The standard InChI is InChI=1S/C29H37N3/c1-4-12-25(13-5-1)24-27-26(14-15-28(30-27)31-20-10-11-21-31)16-19-29(17-6-2-7-18-29)32-22-8-3-9-23-32/h1,4-5,12-15H,2-3,6-11,17-18,20-24H2. The Kier molecular flexibility index (Phi) is 6.79. The Bertz CT molecular complexity index is 937. The van der Waals surface area contributed by atoms with Gasteiger partial charge in [-0.15, -0.1) is 0 Å². The second-order valence-corrected chi connectivity index (χ2v) is 9.91. The van der Waals surface area contributed by atoms with Gasteiger partial charge in [-0.05, 0) is 69.3 Å². The molecule has 2 aliphatic heterocycles. The number of pyridine rings is 1. The third-order valence-electron chi connectivity index (χ3n) is 7.68. The van der Waals surface area contributed by atoms with Gasteiger partial charge in [-0.2, -0.15) is 0 Å². The minimum atomic E-state index is 0.0797. The van der Waals surface area contributed by atoms with E-state index in [1.165, 1.54) is 82.9 Å². The van der Waals surface area contributed by atoms with Crippen LogP contribution in [0.1, 0.15) is 81.0 Å². The number of hydrogen-bond donors (Lipinski definition) is 0. The van der Waals surface area contributed by atoms with Gasteiger partial charge in [-0.3, -0.25) is 4.90 Å². The maximum absolute atomic E-state index is 5.16. The monoisotopic (exact) mass is 427 g/mol. The zero-order valence-electron chi connectivity index (χ0n) is 19.5. The van der Waals surface area contributed by atoms with E-state index in [0.29, 0.717) is 0 Å². The minimum Gasteiger partial charge on any atom is -0.357 e. The van der Waals surface area contributed by atoms with Crippen LogP contribution in [0, 0.1) is 11.8 Å². The van der Waals surface area contributed by atoms with E-state index in [2.05, 4.69) is 64.1 Å². The lowest BCUT2D eigenvalue weighted by molar-refractivity contribution is 0.0793. The van der Waals surface area contributed by atoms with Crippen molar-refractivity contribution in [1.82, 2.24) is 9.88 Å². The molecule has 5 rings (SSSR count). The molecule has 3 fully saturated rings. The summed E-state index contributed by atoms with van der Waals surface area (Å²) in [7, 11) is 0. The van der Waals surface area contributed by atoms with Crippen molar-refractivity contribution >= 4 is 5.82 Å². The first-order valence-electron chi connectivity index (χ1n) is 12.9. The third-order valence-corrected chi connectivity index (χ3v) is 7.68. The summed E-state index contributed by atoms with van der Waals surface area (Å²) in [6.45, 7) is 4.69. The van der Waals surface area contributed by atoms with Gasteiger partial charge >= 0.3 is 0 Å². The molecule has 0 bridgehead atoms. The molecule has 2 saturated heterocycles. The van der Waals surface area contributed by atoms with Crippen molar-refractivity contribution in [3.8, 4) is 11.8 Å². The van der Waals surface area contributed by atoms with E-state index < -0.39 is 0 Å². The minimum absolute atomic E-state index is 0.0797. The quantitative estimate of drug-likeness (QED) is 0.574. The summed E-state index contributed by atoms with van der Waals surface area (Å²) in [5.74, 6) is 8.67. The van der Waals surface area contributed by atoms with E-state index in [1.807, 2.05) is 0 Å². The molecular formula is C29H37N3. The fourth-order valence-corrected chi connectivity index (χ4v) is 5.81. The van der Waals surface area contributed by atoms with Crippen molar-refractivity contribution in [3.63, 3.8) is 0 Å². The number of anilines is 1. The largest absolute Gasteiger partial charge is 0.357 e. The maximum atomic E-state index is 5.16. The molecule has 0 atom stereocenters. The predicted molar refractivity (Wildman–Crippen MR) is 133 cm³/mol. The lowest BCUT2D eigenvalue weighted by Crippen LogP contribution is -2.51. The van der Waals surface area contributed by atoms with Gasteiger partial charge < -0.3 is 4.90 Å². The fraction of sp³-hybridized carbons (Fsp3) is 0.552. The molecule has 3 nitrogen and oxygen atoms in total. The number of nitrogens with zero attached hydrogens (tertiary/aromatic N) is 3. The normalized spacial score (nSPS) is 21.2. The zero-order chi connectivity index (χ0) is 21.6. The average molecular weight is 428 g/mol. The molecule has 0 unspecified atom stereocenters. The van der Waals surface area contributed by atoms with Crippen molar-refractivity contribution in [3.05, 3.63) is 59.3 Å². The number of piperidine rings is 1. The average Bonchev–Trinajstić information content (AvgIpc) is 3.40. The van der Waals surface area contributed by atoms with Crippen LogP contribution in [-0.2, 0) is 6.42 Å². The number of likely N-dealkylation sites (tertiary alicyclic amines) is 1. The van der Waals surface area contributed by atoms with Crippen LogP contribution in [-0.4, -0.2) is 41.6 Å². The smallest absolute Gasteiger partial charge is 0.128 e. The van der Waals surface area contributed by atoms with E-state index in [-0.39, 0.29) is 5.54 Å². The third kappa shape index (κ3) is 4.86. The first-order chi connectivity index (χ1) is 15.8. The molecule has 0 N–H and O–H groups in total. The molecule has 3 aliphatic rings. The SMILES string of the molecule is C(#CC1(N2CCCCC2)CCCCC1)c1ccc(N2CCCC2)nc1Cc1ccccc1. The maximum Gasteiger partial charge on any atom is 0.128 e. The summed E-state index contributed by atoms with van der Waals surface area (Å²) in [5.41, 5.74) is 3.65. The molecule has 0 spiro atoms. The van der Waals surface area contributed by atoms with Gasteiger partial charge in [0.05, 0.1) is 11.2 Å². The van der Waals surface area contributed by atoms with Crippen molar-refractivity contribution < 1.29 is 0 Å². The number of hydrogen-bond acceptors (Lipinski definition) is 3. The predicted octanol–water partition coefficient (Wildman–Crippen LogP) is 5.81. The highest BCUT2D eigenvalue weighted by molar-refractivity contribution is 5.49. The topological polar surface area (TPSA) is 19.4 Å². The molecule has 1 aliphatic carbocycles. The highest BCUT2D eigenvalue weighted by Gasteiger charge is 2.36. The summed E-state index contributed by atoms with van der Waals surface area (Å²) in [6.07, 6.45) is 13.9. The lowest BCUT2D eigenvalue weighted by Gasteiger charge is -2.44. The molecule has 0 amide bonds. The zero-order valence-corrected chi connectivity index (χ0v) is 19.5. The summed E-state index contributed by atoms with van der Waals surface area (Å²) < 4.78 is 0. The van der Waals surface area contributed by atoms with E-state index in [4.69, 9.17) is 4.98 Å². The fourth-order valence-electron chi connectivity index (χ4n) is 5.81. The van der Waals surface area contributed by atoms with Crippen LogP contribution in [0.5, 0.6) is 0 Å². The summed E-state index contributed by atoms with van der Waals surface area (Å²) in [6, 6.07) is 15.2. The number of aromatic nitrogens is 1. The molecule has 1 aromatic carbocycles. The summed E-state index contributed by atoms with van der Waals surface area (Å²) in [4.78, 5) is 10.3.